The zero-order valence-electron chi connectivity index (χ0n) is 18.3. The van der Waals surface area contributed by atoms with E-state index in [9.17, 15) is 18.0 Å². The third-order valence-corrected chi connectivity index (χ3v) is 5.13. The van der Waals surface area contributed by atoms with Gasteiger partial charge in [0.1, 0.15) is 17.0 Å². The highest BCUT2D eigenvalue weighted by atomic mass is 19.3. The summed E-state index contributed by atoms with van der Waals surface area (Å²) in [7, 11) is 0. The number of alkyl halides is 2. The summed E-state index contributed by atoms with van der Waals surface area (Å²) >= 11 is 0. The molecular formula is C23H27F3N4O. The van der Waals surface area contributed by atoms with E-state index in [4.69, 9.17) is 0 Å². The molecule has 0 bridgehead atoms. The van der Waals surface area contributed by atoms with Gasteiger partial charge < -0.3 is 5.32 Å². The molecule has 0 aliphatic carbocycles. The van der Waals surface area contributed by atoms with Crippen LogP contribution in [0.4, 0.5) is 13.2 Å². The highest BCUT2D eigenvalue weighted by Crippen LogP contribution is 2.28. The lowest BCUT2D eigenvalue weighted by molar-refractivity contribution is 0.0118. The van der Waals surface area contributed by atoms with E-state index in [1.54, 1.807) is 25.1 Å². The number of fused-ring (bicyclic) bond motifs is 1. The van der Waals surface area contributed by atoms with Gasteiger partial charge in [0.15, 0.2) is 0 Å². The van der Waals surface area contributed by atoms with E-state index < -0.39 is 17.3 Å². The Bertz CT molecular complexity index is 1100. The largest absolute Gasteiger partial charge is 0.345 e. The second-order valence-electron chi connectivity index (χ2n) is 8.87. The van der Waals surface area contributed by atoms with Crippen LogP contribution in [0.5, 0.6) is 0 Å². The Balaban J connectivity index is 1.88. The average Bonchev–Trinajstić information content (AvgIpc) is 3.01. The topological polar surface area (TPSA) is 59.8 Å². The summed E-state index contributed by atoms with van der Waals surface area (Å²) in [6, 6.07) is 7.51. The molecule has 2 heterocycles. The fraction of sp³-hybridized carbons (Fsp3) is 0.435. The van der Waals surface area contributed by atoms with Crippen LogP contribution in [0.1, 0.15) is 55.9 Å². The molecule has 2 aromatic heterocycles. The van der Waals surface area contributed by atoms with Gasteiger partial charge in [-0.05, 0) is 44.4 Å². The second kappa shape index (κ2) is 8.32. The Morgan fingerprint density at radius 3 is 2.55 bits per heavy atom. The van der Waals surface area contributed by atoms with Gasteiger partial charge in [0, 0.05) is 24.2 Å². The summed E-state index contributed by atoms with van der Waals surface area (Å²) in [4.78, 5) is 17.1. The van der Waals surface area contributed by atoms with E-state index in [2.05, 4.69) is 15.4 Å². The number of nitrogens with zero attached hydrogens (tertiary/aromatic N) is 3. The molecule has 1 amide bonds. The third-order valence-electron chi connectivity index (χ3n) is 5.13. The van der Waals surface area contributed by atoms with E-state index in [-0.39, 0.29) is 29.6 Å². The number of hydrogen-bond donors (Lipinski definition) is 1. The third kappa shape index (κ3) is 5.24. The number of para-hydroxylation sites is 1. The molecule has 1 atom stereocenters. The fourth-order valence-corrected chi connectivity index (χ4v) is 3.87. The van der Waals surface area contributed by atoms with Crippen molar-refractivity contribution in [2.24, 2.45) is 5.92 Å². The first-order valence-corrected chi connectivity index (χ1v) is 10.2. The molecule has 31 heavy (non-hydrogen) atoms. The lowest BCUT2D eigenvalue weighted by Crippen LogP contribution is -2.50. The lowest BCUT2D eigenvalue weighted by Gasteiger charge is -2.33. The van der Waals surface area contributed by atoms with Crippen molar-refractivity contribution in [2.75, 3.05) is 0 Å². The maximum Gasteiger partial charge on any atom is 0.288 e. The highest BCUT2D eigenvalue weighted by molar-refractivity contribution is 5.97. The highest BCUT2D eigenvalue weighted by Gasteiger charge is 2.32. The van der Waals surface area contributed by atoms with Gasteiger partial charge in [-0.25, -0.2) is 4.39 Å². The molecule has 3 aromatic rings. The zero-order chi connectivity index (χ0) is 23.0. The number of carbonyl (C=O) groups is 1. The summed E-state index contributed by atoms with van der Waals surface area (Å²) < 4.78 is 42.8. The van der Waals surface area contributed by atoms with Gasteiger partial charge in [0.25, 0.3) is 11.8 Å². The second-order valence-corrected chi connectivity index (χ2v) is 8.87. The quantitative estimate of drug-likeness (QED) is 0.557. The number of benzene rings is 1. The Morgan fingerprint density at radius 1 is 1.23 bits per heavy atom. The number of nitrogens with one attached hydrogen (secondary N) is 1. The number of pyridine rings is 1. The zero-order valence-corrected chi connectivity index (χ0v) is 18.3. The molecule has 0 saturated heterocycles. The Labute approximate surface area is 179 Å². The minimum absolute atomic E-state index is 0.198. The van der Waals surface area contributed by atoms with Crippen LogP contribution in [0.25, 0.3) is 10.9 Å². The monoisotopic (exact) mass is 432 g/mol. The van der Waals surface area contributed by atoms with Gasteiger partial charge in [-0.1, -0.05) is 26.0 Å². The molecule has 1 unspecified atom stereocenters. The maximum absolute atomic E-state index is 13.9. The molecule has 0 fully saturated rings. The standard InChI is InChI=1S/C23H27F3N4O/c1-14(2)11-22(4,13-30-15(3)9-19(29-30)23(5,25)26)28-21(31)17-10-16-7-6-8-18(24)20(16)27-12-17/h6-10,12,14H,11,13H2,1-5H3,(H,28,31). The van der Waals surface area contributed by atoms with E-state index in [1.165, 1.54) is 23.0 Å². The summed E-state index contributed by atoms with van der Waals surface area (Å²) in [6.45, 7) is 8.66. The van der Waals surface area contributed by atoms with Crippen molar-refractivity contribution in [3.63, 3.8) is 0 Å². The smallest absolute Gasteiger partial charge is 0.288 e. The number of carbonyl (C=O) groups excluding carboxylic acids is 1. The number of aryl methyl sites for hydroxylation is 1. The number of hydrogen-bond acceptors (Lipinski definition) is 3. The van der Waals surface area contributed by atoms with E-state index in [1.807, 2.05) is 20.8 Å². The summed E-state index contributed by atoms with van der Waals surface area (Å²) in [5, 5.41) is 7.61. The number of amides is 1. The van der Waals surface area contributed by atoms with Crippen LogP contribution < -0.4 is 5.32 Å². The van der Waals surface area contributed by atoms with Crippen molar-refractivity contribution in [3.05, 3.63) is 59.3 Å². The van der Waals surface area contributed by atoms with Crippen molar-refractivity contribution in [1.82, 2.24) is 20.1 Å². The molecule has 5 nitrogen and oxygen atoms in total. The molecule has 0 aliphatic heterocycles. The predicted molar refractivity (Wildman–Crippen MR) is 114 cm³/mol. The molecule has 0 aliphatic rings. The summed E-state index contributed by atoms with van der Waals surface area (Å²) in [6.07, 6.45) is 1.94. The fourth-order valence-electron chi connectivity index (χ4n) is 3.87. The van der Waals surface area contributed by atoms with Crippen LogP contribution in [0.3, 0.4) is 0 Å². The molecule has 3 rings (SSSR count). The number of aromatic nitrogens is 3. The van der Waals surface area contributed by atoms with Crippen LogP contribution in [0.2, 0.25) is 0 Å². The molecule has 1 N–H and O–H groups in total. The van der Waals surface area contributed by atoms with Gasteiger partial charge in [-0.2, -0.15) is 13.9 Å². The van der Waals surface area contributed by atoms with Crippen LogP contribution in [-0.4, -0.2) is 26.2 Å². The molecule has 0 radical (unpaired) electrons. The molecule has 8 heteroatoms. The minimum Gasteiger partial charge on any atom is -0.345 e. The first kappa shape index (κ1) is 22.8. The van der Waals surface area contributed by atoms with Crippen molar-refractivity contribution >= 4 is 16.8 Å². The Morgan fingerprint density at radius 2 is 1.94 bits per heavy atom. The average molecular weight is 432 g/mol. The number of rotatable bonds is 7. The lowest BCUT2D eigenvalue weighted by atomic mass is 9.90. The van der Waals surface area contributed by atoms with Crippen LogP contribution in [0, 0.1) is 18.7 Å². The van der Waals surface area contributed by atoms with Gasteiger partial charge in [-0.3, -0.25) is 14.5 Å². The first-order valence-electron chi connectivity index (χ1n) is 10.2. The van der Waals surface area contributed by atoms with Crippen molar-refractivity contribution in [3.8, 4) is 0 Å². The summed E-state index contributed by atoms with van der Waals surface area (Å²) in [5.41, 5.74) is 0.0296. The minimum atomic E-state index is -3.04. The molecule has 0 spiro atoms. The van der Waals surface area contributed by atoms with E-state index in [0.717, 1.165) is 6.92 Å². The van der Waals surface area contributed by atoms with Crippen molar-refractivity contribution in [2.45, 2.75) is 59.0 Å². The van der Waals surface area contributed by atoms with Crippen LogP contribution in [-0.2, 0) is 12.5 Å². The summed E-state index contributed by atoms with van der Waals surface area (Å²) in [5.74, 6) is -3.63. The molecule has 0 saturated carbocycles. The predicted octanol–water partition coefficient (Wildman–Crippen LogP) is 5.23. The maximum atomic E-state index is 13.9. The molecular weight excluding hydrogens is 405 g/mol. The first-order chi connectivity index (χ1) is 14.4. The Hall–Kier alpha value is -2.90. The van der Waals surface area contributed by atoms with Crippen molar-refractivity contribution in [1.29, 1.82) is 0 Å². The van der Waals surface area contributed by atoms with Crippen LogP contribution >= 0.6 is 0 Å². The van der Waals surface area contributed by atoms with Gasteiger partial charge >= 0.3 is 0 Å². The SMILES string of the molecule is Cc1cc(C(C)(F)F)nn1CC(C)(CC(C)C)NC(=O)c1cnc2c(F)cccc2c1. The van der Waals surface area contributed by atoms with Gasteiger partial charge in [-0.15, -0.1) is 0 Å². The van der Waals surface area contributed by atoms with Crippen molar-refractivity contribution < 1.29 is 18.0 Å². The normalized spacial score (nSPS) is 14.1. The Kier molecular flexibility index (Phi) is 6.11. The van der Waals surface area contributed by atoms with Gasteiger partial charge in [0.05, 0.1) is 17.6 Å². The number of halogens is 3. The van der Waals surface area contributed by atoms with E-state index >= 15 is 0 Å². The van der Waals surface area contributed by atoms with Crippen LogP contribution in [0.15, 0.2) is 36.5 Å². The molecule has 1 aromatic carbocycles. The van der Waals surface area contributed by atoms with E-state index in [0.29, 0.717) is 23.1 Å². The van der Waals surface area contributed by atoms with Gasteiger partial charge in [0.2, 0.25) is 0 Å². The molecule has 166 valence electrons.